The highest BCUT2D eigenvalue weighted by molar-refractivity contribution is 14.0. The molecule has 0 aliphatic carbocycles. The van der Waals surface area contributed by atoms with E-state index in [1.165, 1.54) is 11.1 Å². The molecule has 0 bridgehead atoms. The molecule has 5 nitrogen and oxygen atoms in total. The van der Waals surface area contributed by atoms with E-state index in [0.29, 0.717) is 5.41 Å². The highest BCUT2D eigenvalue weighted by atomic mass is 127. The molecule has 0 unspecified atom stereocenters. The average Bonchev–Trinajstić information content (AvgIpc) is 2.65. The van der Waals surface area contributed by atoms with E-state index in [0.717, 1.165) is 58.4 Å². The standard InChI is InChI=1S/C22H36N4O.HI/c1-6-23-20(26-17-21(2,3)22(26,4)5)24-15-18-9-7-8-10-19(18)16-25-11-13-27-14-12-25;/h7-10H,6,11-17H2,1-5H3,(H,23,24);1H. The maximum Gasteiger partial charge on any atom is 0.194 e. The van der Waals surface area contributed by atoms with Crippen molar-refractivity contribution in [3.63, 3.8) is 0 Å². The van der Waals surface area contributed by atoms with Crippen molar-refractivity contribution in [3.8, 4) is 0 Å². The lowest BCUT2D eigenvalue weighted by Gasteiger charge is -2.62. The number of nitrogens with one attached hydrogen (secondary N) is 1. The Balaban J connectivity index is 0.00000280. The lowest BCUT2D eigenvalue weighted by Crippen LogP contribution is -2.72. The van der Waals surface area contributed by atoms with Crippen molar-refractivity contribution in [2.45, 2.75) is 53.2 Å². The van der Waals surface area contributed by atoms with E-state index in [-0.39, 0.29) is 29.5 Å². The summed E-state index contributed by atoms with van der Waals surface area (Å²) < 4.78 is 5.48. The normalized spacial score (nSPS) is 21.6. The molecule has 2 saturated heterocycles. The van der Waals surface area contributed by atoms with E-state index in [4.69, 9.17) is 9.73 Å². The topological polar surface area (TPSA) is 40.1 Å². The Kier molecular flexibility index (Phi) is 8.16. The first-order valence-corrected chi connectivity index (χ1v) is 10.3. The maximum absolute atomic E-state index is 5.48. The third-order valence-electron chi connectivity index (χ3n) is 6.49. The van der Waals surface area contributed by atoms with Crippen LogP contribution in [0.15, 0.2) is 29.3 Å². The number of ether oxygens (including phenoxy) is 1. The number of aliphatic imine (C=N–C) groups is 1. The van der Waals surface area contributed by atoms with Crippen LogP contribution in [0.25, 0.3) is 0 Å². The second-order valence-electron chi connectivity index (χ2n) is 8.86. The first-order valence-electron chi connectivity index (χ1n) is 10.3. The van der Waals surface area contributed by atoms with E-state index in [1.807, 2.05) is 0 Å². The van der Waals surface area contributed by atoms with Gasteiger partial charge in [-0.3, -0.25) is 4.90 Å². The number of hydrogen-bond acceptors (Lipinski definition) is 3. The van der Waals surface area contributed by atoms with Crippen LogP contribution >= 0.6 is 24.0 Å². The summed E-state index contributed by atoms with van der Waals surface area (Å²) in [7, 11) is 0. The summed E-state index contributed by atoms with van der Waals surface area (Å²) in [5.74, 6) is 1.03. The zero-order valence-electron chi connectivity index (χ0n) is 18.1. The Hall–Kier alpha value is -0.860. The Morgan fingerprint density at radius 1 is 1.11 bits per heavy atom. The third kappa shape index (κ3) is 5.00. The van der Waals surface area contributed by atoms with Gasteiger partial charge in [-0.2, -0.15) is 0 Å². The van der Waals surface area contributed by atoms with Gasteiger partial charge in [-0.1, -0.05) is 38.1 Å². The molecule has 0 radical (unpaired) electrons. The van der Waals surface area contributed by atoms with Crippen molar-refractivity contribution in [2.75, 3.05) is 39.4 Å². The van der Waals surface area contributed by atoms with Crippen molar-refractivity contribution >= 4 is 29.9 Å². The third-order valence-corrected chi connectivity index (χ3v) is 6.49. The van der Waals surface area contributed by atoms with E-state index in [2.05, 4.69) is 74.0 Å². The Bertz CT molecular complexity index is 668. The van der Waals surface area contributed by atoms with Crippen molar-refractivity contribution in [1.29, 1.82) is 0 Å². The molecule has 1 aromatic carbocycles. The molecule has 2 fully saturated rings. The molecule has 6 heteroatoms. The molecule has 28 heavy (non-hydrogen) atoms. The fraction of sp³-hybridized carbons (Fsp3) is 0.682. The van der Waals surface area contributed by atoms with Crippen LogP contribution in [0.1, 0.15) is 45.7 Å². The molecule has 0 atom stereocenters. The Morgan fingerprint density at radius 3 is 2.32 bits per heavy atom. The van der Waals surface area contributed by atoms with Crippen LogP contribution in [0.3, 0.4) is 0 Å². The zero-order chi connectivity index (χ0) is 19.5. The largest absolute Gasteiger partial charge is 0.379 e. The quantitative estimate of drug-likeness (QED) is 0.380. The molecule has 0 amide bonds. The van der Waals surface area contributed by atoms with Gasteiger partial charge in [0.1, 0.15) is 0 Å². The van der Waals surface area contributed by atoms with Gasteiger partial charge in [0, 0.05) is 43.7 Å². The van der Waals surface area contributed by atoms with E-state index in [9.17, 15) is 0 Å². The molecule has 2 aliphatic heterocycles. The molecule has 1 N–H and O–H groups in total. The molecule has 1 aromatic rings. The second kappa shape index (κ2) is 9.76. The van der Waals surface area contributed by atoms with Crippen molar-refractivity contribution in [3.05, 3.63) is 35.4 Å². The van der Waals surface area contributed by atoms with Crippen molar-refractivity contribution in [2.24, 2.45) is 10.4 Å². The van der Waals surface area contributed by atoms with Gasteiger partial charge in [-0.15, -0.1) is 24.0 Å². The minimum Gasteiger partial charge on any atom is -0.379 e. The summed E-state index contributed by atoms with van der Waals surface area (Å²) in [4.78, 5) is 9.90. The van der Waals surface area contributed by atoms with Gasteiger partial charge in [-0.05, 0) is 31.9 Å². The molecule has 0 saturated carbocycles. The minimum atomic E-state index is 0. The predicted octanol–water partition coefficient (Wildman–Crippen LogP) is 3.72. The Labute approximate surface area is 187 Å². The number of halogens is 1. The fourth-order valence-corrected chi connectivity index (χ4v) is 3.82. The molecule has 2 aliphatic rings. The van der Waals surface area contributed by atoms with Crippen LogP contribution in [0.4, 0.5) is 0 Å². The van der Waals surface area contributed by atoms with Gasteiger partial charge in [-0.25, -0.2) is 4.99 Å². The van der Waals surface area contributed by atoms with Crippen LogP contribution in [-0.2, 0) is 17.8 Å². The summed E-state index contributed by atoms with van der Waals surface area (Å²) in [6, 6.07) is 8.71. The summed E-state index contributed by atoms with van der Waals surface area (Å²) in [6.45, 7) is 18.8. The van der Waals surface area contributed by atoms with Gasteiger partial charge >= 0.3 is 0 Å². The number of hydrogen-bond donors (Lipinski definition) is 1. The first kappa shape index (κ1) is 23.4. The highest BCUT2D eigenvalue weighted by Crippen LogP contribution is 2.46. The number of morpholine rings is 1. The lowest BCUT2D eigenvalue weighted by atomic mass is 9.65. The van der Waals surface area contributed by atoms with Gasteiger partial charge < -0.3 is 15.0 Å². The van der Waals surface area contributed by atoms with E-state index < -0.39 is 0 Å². The Morgan fingerprint density at radius 2 is 1.75 bits per heavy atom. The SMILES string of the molecule is CCNC(=NCc1ccccc1CN1CCOCC1)N1CC(C)(C)C1(C)C.I. The summed E-state index contributed by atoms with van der Waals surface area (Å²) in [5.41, 5.74) is 3.11. The second-order valence-corrected chi connectivity index (χ2v) is 8.86. The van der Waals surface area contributed by atoms with Crippen molar-refractivity contribution < 1.29 is 4.74 Å². The lowest BCUT2D eigenvalue weighted by molar-refractivity contribution is -0.0667. The monoisotopic (exact) mass is 500 g/mol. The van der Waals surface area contributed by atoms with Gasteiger partial charge in [0.15, 0.2) is 5.96 Å². The summed E-state index contributed by atoms with van der Waals surface area (Å²) >= 11 is 0. The molecular formula is C22H37IN4O. The number of rotatable bonds is 5. The van der Waals surface area contributed by atoms with Crippen LogP contribution in [-0.4, -0.2) is 60.7 Å². The van der Waals surface area contributed by atoms with Crippen LogP contribution < -0.4 is 5.32 Å². The molecule has 3 rings (SSSR count). The van der Waals surface area contributed by atoms with Crippen LogP contribution in [0.2, 0.25) is 0 Å². The molecule has 2 heterocycles. The molecule has 0 aromatic heterocycles. The van der Waals surface area contributed by atoms with Gasteiger partial charge in [0.2, 0.25) is 0 Å². The van der Waals surface area contributed by atoms with Gasteiger partial charge in [0.05, 0.1) is 19.8 Å². The highest BCUT2D eigenvalue weighted by Gasteiger charge is 2.53. The number of likely N-dealkylation sites (tertiary alicyclic amines) is 1. The van der Waals surface area contributed by atoms with Gasteiger partial charge in [0.25, 0.3) is 0 Å². The molecule has 0 spiro atoms. The number of guanidine groups is 1. The van der Waals surface area contributed by atoms with Crippen LogP contribution in [0, 0.1) is 5.41 Å². The van der Waals surface area contributed by atoms with E-state index in [1.54, 1.807) is 0 Å². The predicted molar refractivity (Wildman–Crippen MR) is 127 cm³/mol. The minimum absolute atomic E-state index is 0. The zero-order valence-corrected chi connectivity index (χ0v) is 20.5. The summed E-state index contributed by atoms with van der Waals surface area (Å²) in [5, 5.41) is 3.50. The van der Waals surface area contributed by atoms with E-state index >= 15 is 0 Å². The smallest absolute Gasteiger partial charge is 0.194 e. The van der Waals surface area contributed by atoms with Crippen LogP contribution in [0.5, 0.6) is 0 Å². The maximum atomic E-state index is 5.48. The molecular weight excluding hydrogens is 463 g/mol. The molecule has 158 valence electrons. The number of nitrogens with zero attached hydrogens (tertiary/aromatic N) is 3. The summed E-state index contributed by atoms with van der Waals surface area (Å²) in [6.07, 6.45) is 0. The number of benzene rings is 1. The van der Waals surface area contributed by atoms with Crippen molar-refractivity contribution in [1.82, 2.24) is 15.1 Å². The average molecular weight is 500 g/mol. The first-order chi connectivity index (χ1) is 12.8. The fourth-order valence-electron chi connectivity index (χ4n) is 3.82.